The molecule has 10 heteroatoms. The summed E-state index contributed by atoms with van der Waals surface area (Å²) in [5, 5.41) is 21.6. The van der Waals surface area contributed by atoms with Crippen molar-refractivity contribution < 1.29 is 29.3 Å². The predicted octanol–water partition coefficient (Wildman–Crippen LogP) is 12.4. The normalized spacial score (nSPS) is 15.9. The predicted molar refractivity (Wildman–Crippen MR) is 269 cm³/mol. The second-order valence-electron chi connectivity index (χ2n) is 19.7. The molecule has 0 saturated heterocycles. The quantitative estimate of drug-likeness (QED) is 0.0153. The second kappa shape index (κ2) is 44.0. The number of hydrogen-bond donors (Lipinski definition) is 4. The molecule has 0 fully saturated rings. The molecule has 1 aliphatic rings. The molecule has 0 bridgehead atoms. The molecule has 3 atom stereocenters. The first-order valence-corrected chi connectivity index (χ1v) is 27.6. The van der Waals surface area contributed by atoms with Gasteiger partial charge in [-0.15, -0.1) is 0 Å². The zero-order valence-electron chi connectivity index (χ0n) is 42.4. The zero-order chi connectivity index (χ0) is 46.7. The molecule has 10 nitrogen and oxygen atoms in total. The van der Waals surface area contributed by atoms with Crippen LogP contribution in [0.25, 0.3) is 0 Å². The maximum Gasteiger partial charge on any atom is 0.306 e. The van der Waals surface area contributed by atoms with Crippen molar-refractivity contribution in [1.82, 2.24) is 9.91 Å². The summed E-state index contributed by atoms with van der Waals surface area (Å²) in [4.78, 5) is 27.8. The number of aliphatic hydroxyl groups excluding tert-OH is 2. The summed E-state index contributed by atoms with van der Waals surface area (Å²) in [6, 6.07) is -0.0447. The Hall–Kier alpha value is -1.56. The molecular weight excluding hydrogens is 801 g/mol. The van der Waals surface area contributed by atoms with E-state index in [0.29, 0.717) is 39.0 Å². The van der Waals surface area contributed by atoms with Crippen LogP contribution in [0, 0.1) is 0 Å². The fourth-order valence-corrected chi connectivity index (χ4v) is 9.00. The van der Waals surface area contributed by atoms with Crippen LogP contribution in [0.4, 0.5) is 0 Å². The number of hydrazine groups is 1. The van der Waals surface area contributed by atoms with Gasteiger partial charge in [0.05, 0.1) is 18.8 Å². The van der Waals surface area contributed by atoms with Gasteiger partial charge < -0.3 is 30.3 Å². The fourth-order valence-electron chi connectivity index (χ4n) is 9.00. The molecule has 0 aromatic carbocycles. The highest BCUT2D eigenvalue weighted by atomic mass is 16.5. The Morgan fingerprint density at radius 3 is 1.62 bits per heavy atom. The number of unbranched alkanes of at least 4 members (excludes halogenated alkanes) is 24. The first kappa shape index (κ1) is 60.5. The Morgan fingerprint density at radius 1 is 0.609 bits per heavy atom. The van der Waals surface area contributed by atoms with Gasteiger partial charge in [0.15, 0.2) is 0 Å². The highest BCUT2D eigenvalue weighted by Gasteiger charge is 2.21. The summed E-state index contributed by atoms with van der Waals surface area (Å²) in [5.41, 5.74) is 7.75. The van der Waals surface area contributed by atoms with Gasteiger partial charge in [0.1, 0.15) is 6.10 Å². The van der Waals surface area contributed by atoms with Crippen molar-refractivity contribution in [2.24, 2.45) is 11.6 Å². The summed E-state index contributed by atoms with van der Waals surface area (Å²) < 4.78 is 11.6. The third-order valence-corrected chi connectivity index (χ3v) is 13.3. The number of aliphatic hydroxyl groups is 2. The van der Waals surface area contributed by atoms with Crippen LogP contribution < -0.4 is 11.6 Å². The Labute approximate surface area is 395 Å². The molecular formula is C54H106N4O6. The lowest BCUT2D eigenvalue weighted by molar-refractivity contribution is -0.150. The highest BCUT2D eigenvalue weighted by molar-refractivity contribution is 5.69. The van der Waals surface area contributed by atoms with Crippen LogP contribution in [-0.4, -0.2) is 95.7 Å². The zero-order valence-corrected chi connectivity index (χ0v) is 42.4. The van der Waals surface area contributed by atoms with Crippen LogP contribution in [0.5, 0.6) is 0 Å². The summed E-state index contributed by atoms with van der Waals surface area (Å²) in [6.07, 6.45) is 41.2. The van der Waals surface area contributed by atoms with Crippen molar-refractivity contribution in [3.05, 3.63) is 11.6 Å². The van der Waals surface area contributed by atoms with E-state index in [9.17, 15) is 19.8 Å². The van der Waals surface area contributed by atoms with Crippen molar-refractivity contribution in [3.8, 4) is 0 Å². The Morgan fingerprint density at radius 2 is 1.08 bits per heavy atom. The lowest BCUT2D eigenvalue weighted by Crippen LogP contribution is -2.44. The molecule has 1 aliphatic carbocycles. The van der Waals surface area contributed by atoms with E-state index < -0.39 is 12.2 Å². The Balaban J connectivity index is 2.45. The molecule has 1 rings (SSSR count). The van der Waals surface area contributed by atoms with Gasteiger partial charge in [-0.25, -0.2) is 5.01 Å². The van der Waals surface area contributed by atoms with Crippen LogP contribution in [-0.2, 0) is 19.1 Å². The molecule has 378 valence electrons. The minimum atomic E-state index is -0.785. The standard InChI is InChI=1S/C54H106N4O6/c1-4-7-10-13-16-17-18-24-32-45-63-53(61)35-29-25-31-42-57(43-40-49(55)47-58(56)44-39-48-37-38-51(59)52(60)46-48)41-30-23-19-22-28-36-54(62)64-50(33-26-20-14-11-8-5-2)34-27-21-15-12-9-6-3/h46,49-52,59-60H,4-45,47,55-56H2,1-3H3. The highest BCUT2D eigenvalue weighted by Crippen LogP contribution is 2.22. The van der Waals surface area contributed by atoms with Gasteiger partial charge in [-0.05, 0) is 103 Å². The van der Waals surface area contributed by atoms with Crippen LogP contribution in [0.2, 0.25) is 0 Å². The largest absolute Gasteiger partial charge is 0.466 e. The smallest absolute Gasteiger partial charge is 0.306 e. The molecule has 0 radical (unpaired) electrons. The summed E-state index contributed by atoms with van der Waals surface area (Å²) in [5.74, 6) is 6.30. The van der Waals surface area contributed by atoms with Gasteiger partial charge >= 0.3 is 11.9 Å². The molecule has 64 heavy (non-hydrogen) atoms. The SMILES string of the molecule is CCCCCCCCCCCOC(=O)CCCCCN(CCCCCCCC(=O)OC(CCCCCCCC)CCCCCCCC)CCC(N)CN(N)CCC1=CC(O)C(O)CC1. The molecule has 0 heterocycles. The van der Waals surface area contributed by atoms with Crippen LogP contribution in [0.3, 0.4) is 0 Å². The number of carbonyl (C=O) groups excluding carboxylic acids is 2. The molecule has 0 aromatic rings. The number of nitrogens with zero attached hydrogens (tertiary/aromatic N) is 2. The van der Waals surface area contributed by atoms with E-state index in [1.807, 2.05) is 0 Å². The summed E-state index contributed by atoms with van der Waals surface area (Å²) >= 11 is 0. The maximum absolute atomic E-state index is 12.9. The maximum atomic E-state index is 12.9. The number of rotatable bonds is 47. The average Bonchev–Trinajstić information content (AvgIpc) is 3.27. The molecule has 0 amide bonds. The summed E-state index contributed by atoms with van der Waals surface area (Å²) in [7, 11) is 0. The second-order valence-corrected chi connectivity index (χ2v) is 19.7. The van der Waals surface area contributed by atoms with E-state index in [1.54, 1.807) is 11.1 Å². The minimum Gasteiger partial charge on any atom is -0.466 e. The van der Waals surface area contributed by atoms with Gasteiger partial charge in [-0.1, -0.05) is 174 Å². The van der Waals surface area contributed by atoms with Crippen LogP contribution >= 0.6 is 0 Å². The number of hydrogen-bond acceptors (Lipinski definition) is 10. The van der Waals surface area contributed by atoms with Gasteiger partial charge in [-0.2, -0.15) is 0 Å². The lowest BCUT2D eigenvalue weighted by atomic mass is 9.93. The molecule has 3 unspecified atom stereocenters. The van der Waals surface area contributed by atoms with Crippen molar-refractivity contribution in [3.63, 3.8) is 0 Å². The number of esters is 2. The third-order valence-electron chi connectivity index (χ3n) is 13.3. The van der Waals surface area contributed by atoms with Crippen LogP contribution in [0.1, 0.15) is 258 Å². The molecule has 0 aromatic heterocycles. The van der Waals surface area contributed by atoms with Crippen molar-refractivity contribution in [2.75, 3.05) is 39.3 Å². The summed E-state index contributed by atoms with van der Waals surface area (Å²) in [6.45, 7) is 11.5. The van der Waals surface area contributed by atoms with E-state index in [0.717, 1.165) is 134 Å². The Bertz CT molecular complexity index is 1080. The fraction of sp³-hybridized carbons (Fsp3) is 0.926. The molecule has 0 spiro atoms. The first-order valence-electron chi connectivity index (χ1n) is 27.6. The Kier molecular flexibility index (Phi) is 41.5. The average molecular weight is 907 g/mol. The van der Waals surface area contributed by atoms with Gasteiger partial charge in [0.2, 0.25) is 0 Å². The van der Waals surface area contributed by atoms with Gasteiger partial charge in [-0.3, -0.25) is 15.4 Å². The van der Waals surface area contributed by atoms with E-state index in [-0.39, 0.29) is 24.1 Å². The number of nitrogens with two attached hydrogens (primary N) is 2. The first-order chi connectivity index (χ1) is 31.2. The number of carbonyl (C=O) groups is 2. The monoisotopic (exact) mass is 907 g/mol. The van der Waals surface area contributed by atoms with E-state index >= 15 is 0 Å². The van der Waals surface area contributed by atoms with Crippen molar-refractivity contribution in [2.45, 2.75) is 283 Å². The van der Waals surface area contributed by atoms with Gasteiger partial charge in [0.25, 0.3) is 0 Å². The van der Waals surface area contributed by atoms with Crippen LogP contribution in [0.15, 0.2) is 11.6 Å². The van der Waals surface area contributed by atoms with E-state index in [2.05, 4.69) is 25.7 Å². The molecule has 6 N–H and O–H groups in total. The van der Waals surface area contributed by atoms with E-state index in [4.69, 9.17) is 21.1 Å². The number of ether oxygens (including phenoxy) is 2. The molecule has 0 aliphatic heterocycles. The lowest BCUT2D eigenvalue weighted by Gasteiger charge is -2.27. The van der Waals surface area contributed by atoms with Gasteiger partial charge in [0, 0.05) is 32.0 Å². The van der Waals surface area contributed by atoms with Crippen molar-refractivity contribution in [1.29, 1.82) is 0 Å². The topological polar surface area (TPSA) is 152 Å². The van der Waals surface area contributed by atoms with Crippen molar-refractivity contribution >= 4 is 11.9 Å². The third kappa shape index (κ3) is 37.5. The molecule has 0 saturated carbocycles. The van der Waals surface area contributed by atoms with E-state index in [1.165, 1.54) is 109 Å². The minimum absolute atomic E-state index is 0.00250.